The summed E-state index contributed by atoms with van der Waals surface area (Å²) in [5.74, 6) is 1.83. The predicted molar refractivity (Wildman–Crippen MR) is 140 cm³/mol. The third kappa shape index (κ3) is 5.08. The van der Waals surface area contributed by atoms with Crippen LogP contribution in [0.2, 0.25) is 0 Å². The fraction of sp³-hybridized carbons (Fsp3) is 0.250. The van der Waals surface area contributed by atoms with Crippen LogP contribution in [0.25, 0.3) is 11.0 Å². The standard InChI is InChI=1S/C24H28N6O5S/c1-30(36(5,31)32)19-9-7-6-8-17(19)26-14-18-16-10-11-25-23(16)29-24(28-18)27-15-12-20(33-2)22(35-4)21(13-15)34-3/h6-13,26H,14H2,1-5H3,(H2,25,27,28,29). The number of benzene rings is 2. The van der Waals surface area contributed by atoms with Gasteiger partial charge in [0.1, 0.15) is 5.65 Å². The number of rotatable bonds is 10. The van der Waals surface area contributed by atoms with E-state index in [0.29, 0.717) is 58.1 Å². The van der Waals surface area contributed by atoms with Crippen LogP contribution in [0, 0.1) is 0 Å². The van der Waals surface area contributed by atoms with Crippen LogP contribution < -0.4 is 29.1 Å². The molecule has 0 spiro atoms. The second-order valence-electron chi connectivity index (χ2n) is 7.87. The molecule has 0 atom stereocenters. The zero-order valence-corrected chi connectivity index (χ0v) is 21.4. The number of H-pyrrole nitrogens is 1. The Morgan fingerprint density at radius 2 is 1.69 bits per heavy atom. The van der Waals surface area contributed by atoms with Crippen LogP contribution in [0.3, 0.4) is 0 Å². The number of ether oxygens (including phenoxy) is 3. The van der Waals surface area contributed by atoms with Crippen molar-refractivity contribution in [2.45, 2.75) is 6.54 Å². The molecule has 11 nitrogen and oxygen atoms in total. The third-order valence-electron chi connectivity index (χ3n) is 5.60. The quantitative estimate of drug-likeness (QED) is 0.291. The highest BCUT2D eigenvalue weighted by Crippen LogP contribution is 2.40. The largest absolute Gasteiger partial charge is 0.493 e. The van der Waals surface area contributed by atoms with Gasteiger partial charge >= 0.3 is 0 Å². The van der Waals surface area contributed by atoms with Crippen LogP contribution in [0.15, 0.2) is 48.7 Å². The summed E-state index contributed by atoms with van der Waals surface area (Å²) < 4.78 is 41.7. The van der Waals surface area contributed by atoms with E-state index in [9.17, 15) is 8.42 Å². The first kappa shape index (κ1) is 24.9. The van der Waals surface area contributed by atoms with E-state index < -0.39 is 10.0 Å². The van der Waals surface area contributed by atoms with E-state index in [1.807, 2.05) is 18.2 Å². The monoisotopic (exact) mass is 512 g/mol. The van der Waals surface area contributed by atoms with Crippen molar-refractivity contribution < 1.29 is 22.6 Å². The molecule has 0 bridgehead atoms. The minimum atomic E-state index is -3.42. The number of aromatic amines is 1. The molecule has 190 valence electrons. The Bertz CT molecular complexity index is 1460. The summed E-state index contributed by atoms with van der Waals surface area (Å²) in [4.78, 5) is 12.4. The van der Waals surface area contributed by atoms with Crippen molar-refractivity contribution >= 4 is 44.1 Å². The molecule has 0 amide bonds. The van der Waals surface area contributed by atoms with Crippen molar-refractivity contribution in [2.75, 3.05) is 49.6 Å². The summed E-state index contributed by atoms with van der Waals surface area (Å²) in [7, 11) is 2.73. The maximum Gasteiger partial charge on any atom is 0.232 e. The lowest BCUT2D eigenvalue weighted by Gasteiger charge is -2.21. The summed E-state index contributed by atoms with van der Waals surface area (Å²) in [5.41, 5.74) is 3.21. The van der Waals surface area contributed by atoms with Gasteiger partial charge in [0, 0.05) is 36.5 Å². The van der Waals surface area contributed by atoms with Crippen LogP contribution in [-0.4, -0.2) is 58.0 Å². The number of fused-ring (bicyclic) bond motifs is 1. The number of nitrogens with zero attached hydrogens (tertiary/aromatic N) is 3. The zero-order chi connectivity index (χ0) is 25.9. The van der Waals surface area contributed by atoms with Crippen molar-refractivity contribution in [2.24, 2.45) is 0 Å². The Labute approximate surface area is 209 Å². The minimum absolute atomic E-state index is 0.329. The molecule has 36 heavy (non-hydrogen) atoms. The molecule has 3 N–H and O–H groups in total. The van der Waals surface area contributed by atoms with Gasteiger partial charge in [0.05, 0.1) is 51.2 Å². The maximum absolute atomic E-state index is 12.1. The molecule has 0 aliphatic rings. The van der Waals surface area contributed by atoms with Crippen LogP contribution in [-0.2, 0) is 16.6 Å². The Hall–Kier alpha value is -4.19. The number of aromatic nitrogens is 3. The highest BCUT2D eigenvalue weighted by atomic mass is 32.2. The molecule has 4 rings (SSSR count). The van der Waals surface area contributed by atoms with E-state index in [4.69, 9.17) is 19.2 Å². The predicted octanol–water partition coefficient (Wildman–Crippen LogP) is 3.74. The number of methoxy groups -OCH3 is 3. The molecule has 2 aromatic carbocycles. The van der Waals surface area contributed by atoms with E-state index in [-0.39, 0.29) is 0 Å². The van der Waals surface area contributed by atoms with Crippen molar-refractivity contribution in [3.63, 3.8) is 0 Å². The normalized spacial score (nSPS) is 11.2. The smallest absolute Gasteiger partial charge is 0.232 e. The molecular formula is C24H28N6O5S. The molecule has 0 fully saturated rings. The van der Waals surface area contributed by atoms with Gasteiger partial charge in [-0.3, -0.25) is 4.31 Å². The third-order valence-corrected chi connectivity index (χ3v) is 6.79. The Kier molecular flexibility index (Phi) is 7.06. The lowest BCUT2D eigenvalue weighted by Crippen LogP contribution is -2.25. The Morgan fingerprint density at radius 1 is 1.00 bits per heavy atom. The van der Waals surface area contributed by atoms with E-state index in [1.54, 1.807) is 51.8 Å². The average Bonchev–Trinajstić information content (AvgIpc) is 3.34. The molecule has 2 heterocycles. The molecular weight excluding hydrogens is 484 g/mol. The van der Waals surface area contributed by atoms with Gasteiger partial charge < -0.3 is 29.8 Å². The molecule has 0 aliphatic heterocycles. The number of hydrogen-bond donors (Lipinski definition) is 3. The van der Waals surface area contributed by atoms with E-state index in [0.717, 1.165) is 5.39 Å². The van der Waals surface area contributed by atoms with Gasteiger partial charge in [0.2, 0.25) is 21.7 Å². The van der Waals surface area contributed by atoms with Gasteiger partial charge in [-0.2, -0.15) is 4.98 Å². The second-order valence-corrected chi connectivity index (χ2v) is 9.89. The highest BCUT2D eigenvalue weighted by molar-refractivity contribution is 7.92. The first-order chi connectivity index (χ1) is 17.2. The lowest BCUT2D eigenvalue weighted by atomic mass is 10.2. The molecule has 2 aromatic heterocycles. The number of sulfonamides is 1. The van der Waals surface area contributed by atoms with Crippen LogP contribution in [0.4, 0.5) is 23.0 Å². The molecule has 0 saturated heterocycles. The molecule has 12 heteroatoms. The summed E-state index contributed by atoms with van der Waals surface area (Å²) in [5, 5.41) is 7.35. The van der Waals surface area contributed by atoms with E-state index in [1.165, 1.54) is 17.6 Å². The average molecular weight is 513 g/mol. The number of hydrogen-bond acceptors (Lipinski definition) is 9. The molecule has 4 aromatic rings. The van der Waals surface area contributed by atoms with Crippen LogP contribution in [0.1, 0.15) is 5.69 Å². The Morgan fingerprint density at radius 3 is 2.33 bits per heavy atom. The summed E-state index contributed by atoms with van der Waals surface area (Å²) in [6, 6.07) is 12.6. The number of anilines is 4. The molecule has 0 aliphatic carbocycles. The van der Waals surface area contributed by atoms with E-state index >= 15 is 0 Å². The van der Waals surface area contributed by atoms with Crippen LogP contribution in [0.5, 0.6) is 17.2 Å². The van der Waals surface area contributed by atoms with Crippen LogP contribution >= 0.6 is 0 Å². The second kappa shape index (κ2) is 10.2. The first-order valence-electron chi connectivity index (χ1n) is 10.9. The van der Waals surface area contributed by atoms with Gasteiger partial charge in [-0.15, -0.1) is 0 Å². The van der Waals surface area contributed by atoms with Crippen molar-refractivity contribution in [3.05, 3.63) is 54.4 Å². The molecule has 0 radical (unpaired) electrons. The first-order valence-corrected chi connectivity index (χ1v) is 12.8. The fourth-order valence-corrected chi connectivity index (χ4v) is 4.25. The van der Waals surface area contributed by atoms with Crippen molar-refractivity contribution in [1.29, 1.82) is 0 Å². The number of para-hydroxylation sites is 2. The minimum Gasteiger partial charge on any atom is -0.493 e. The van der Waals surface area contributed by atoms with Crippen molar-refractivity contribution in [3.8, 4) is 17.2 Å². The van der Waals surface area contributed by atoms with Crippen molar-refractivity contribution in [1.82, 2.24) is 15.0 Å². The van der Waals surface area contributed by atoms with E-state index in [2.05, 4.69) is 20.6 Å². The van der Waals surface area contributed by atoms with Gasteiger partial charge in [0.15, 0.2) is 11.5 Å². The van der Waals surface area contributed by atoms with Gasteiger partial charge in [-0.05, 0) is 18.2 Å². The van der Waals surface area contributed by atoms with Gasteiger partial charge in [-0.25, -0.2) is 13.4 Å². The Balaban J connectivity index is 1.65. The highest BCUT2D eigenvalue weighted by Gasteiger charge is 2.17. The SMILES string of the molecule is COc1cc(Nc2nc(CNc3ccccc3N(C)S(C)(=O)=O)c3cc[nH]c3n2)cc(OC)c1OC. The molecule has 0 unspecified atom stereocenters. The summed E-state index contributed by atoms with van der Waals surface area (Å²) >= 11 is 0. The zero-order valence-electron chi connectivity index (χ0n) is 20.6. The lowest BCUT2D eigenvalue weighted by molar-refractivity contribution is 0.324. The summed E-state index contributed by atoms with van der Waals surface area (Å²) in [6.45, 7) is 0.329. The maximum atomic E-state index is 12.1. The van der Waals surface area contributed by atoms with Gasteiger partial charge in [0.25, 0.3) is 0 Å². The number of nitrogens with one attached hydrogen (secondary N) is 3. The topological polar surface area (TPSA) is 131 Å². The van der Waals surface area contributed by atoms with Gasteiger partial charge in [-0.1, -0.05) is 12.1 Å². The molecule has 0 saturated carbocycles. The summed E-state index contributed by atoms with van der Waals surface area (Å²) in [6.07, 6.45) is 2.95. The fourth-order valence-electron chi connectivity index (χ4n) is 3.73.